The second-order valence-corrected chi connectivity index (χ2v) is 7.66. The average molecular weight is 341 g/mol. The van der Waals surface area contributed by atoms with Crippen LogP contribution in [0.25, 0.3) is 0 Å². The quantitative estimate of drug-likeness (QED) is 0.751. The molecule has 0 saturated carbocycles. The lowest BCUT2D eigenvalue weighted by Gasteiger charge is -2.26. The lowest BCUT2D eigenvalue weighted by molar-refractivity contribution is -0.135. The van der Waals surface area contributed by atoms with E-state index in [0.717, 1.165) is 0 Å². The van der Waals surface area contributed by atoms with Crippen LogP contribution < -0.4 is 9.47 Å². The monoisotopic (exact) mass is 341 g/mol. The van der Waals surface area contributed by atoms with Gasteiger partial charge in [-0.25, -0.2) is 8.42 Å². The first kappa shape index (κ1) is 17.6. The van der Waals surface area contributed by atoms with E-state index < -0.39 is 9.84 Å². The molecule has 6 nitrogen and oxygen atoms in total. The maximum Gasteiger partial charge on any atom is 0.260 e. The van der Waals surface area contributed by atoms with Crippen molar-refractivity contribution in [1.82, 2.24) is 4.90 Å². The summed E-state index contributed by atoms with van der Waals surface area (Å²) in [6, 6.07) is 6.86. The van der Waals surface area contributed by atoms with Crippen LogP contribution in [-0.2, 0) is 14.6 Å². The van der Waals surface area contributed by atoms with Crippen molar-refractivity contribution in [2.75, 3.05) is 31.3 Å². The standard InChI is InChI=1S/C16H23NO5S/c1-3-17(13-8-9-23(19,20)12-13)16(18)11-22-15-7-5-6-14(10-15)21-4-2/h5-7,10,13H,3-4,8-9,11-12H2,1-2H3. The van der Waals surface area contributed by atoms with Crippen LogP contribution in [-0.4, -0.2) is 56.5 Å². The Bertz CT molecular complexity index is 644. The van der Waals surface area contributed by atoms with E-state index in [-0.39, 0.29) is 30.1 Å². The first-order valence-corrected chi connectivity index (χ1v) is 9.63. The molecule has 1 atom stereocenters. The van der Waals surface area contributed by atoms with Gasteiger partial charge in [0.05, 0.1) is 18.1 Å². The smallest absolute Gasteiger partial charge is 0.260 e. The molecule has 0 aliphatic carbocycles. The third kappa shape index (κ3) is 4.86. The number of carbonyl (C=O) groups is 1. The minimum Gasteiger partial charge on any atom is -0.494 e. The molecule has 1 heterocycles. The van der Waals surface area contributed by atoms with Gasteiger partial charge in [0.2, 0.25) is 0 Å². The van der Waals surface area contributed by atoms with Crippen LogP contribution in [0.5, 0.6) is 11.5 Å². The van der Waals surface area contributed by atoms with Gasteiger partial charge in [-0.2, -0.15) is 0 Å². The molecule has 1 fully saturated rings. The number of carbonyl (C=O) groups excluding carboxylic acids is 1. The summed E-state index contributed by atoms with van der Waals surface area (Å²) in [5.41, 5.74) is 0. The van der Waals surface area contributed by atoms with Crippen LogP contribution in [0.15, 0.2) is 24.3 Å². The average Bonchev–Trinajstić information content (AvgIpc) is 2.86. The Balaban J connectivity index is 1.94. The third-order valence-corrected chi connectivity index (χ3v) is 5.54. The van der Waals surface area contributed by atoms with E-state index in [0.29, 0.717) is 31.1 Å². The molecule has 1 unspecified atom stereocenters. The lowest BCUT2D eigenvalue weighted by atomic mass is 10.2. The first-order valence-electron chi connectivity index (χ1n) is 7.80. The molecule has 23 heavy (non-hydrogen) atoms. The van der Waals surface area contributed by atoms with Gasteiger partial charge in [0.1, 0.15) is 11.5 Å². The molecule has 0 aromatic heterocycles. The fraction of sp³-hybridized carbons (Fsp3) is 0.562. The maximum atomic E-state index is 12.3. The Morgan fingerprint density at radius 2 is 1.96 bits per heavy atom. The predicted octanol–water partition coefficient (Wildman–Crippen LogP) is 1.50. The molecule has 0 bridgehead atoms. The molecule has 1 aliphatic rings. The number of nitrogens with zero attached hydrogens (tertiary/aromatic N) is 1. The van der Waals surface area contributed by atoms with Gasteiger partial charge < -0.3 is 14.4 Å². The van der Waals surface area contributed by atoms with E-state index in [1.807, 2.05) is 19.9 Å². The summed E-state index contributed by atoms with van der Waals surface area (Å²) in [4.78, 5) is 13.9. The van der Waals surface area contributed by atoms with Crippen LogP contribution in [0, 0.1) is 0 Å². The van der Waals surface area contributed by atoms with Crippen molar-refractivity contribution < 1.29 is 22.7 Å². The van der Waals surface area contributed by atoms with Gasteiger partial charge in [-0.15, -0.1) is 0 Å². The Morgan fingerprint density at radius 3 is 2.52 bits per heavy atom. The second kappa shape index (κ2) is 7.68. The Hall–Kier alpha value is -1.76. The van der Waals surface area contributed by atoms with E-state index in [9.17, 15) is 13.2 Å². The molecule has 1 aromatic carbocycles. The molecule has 2 rings (SSSR count). The van der Waals surface area contributed by atoms with Gasteiger partial charge in [0.15, 0.2) is 16.4 Å². The fourth-order valence-corrected chi connectivity index (χ4v) is 4.44. The number of hydrogen-bond donors (Lipinski definition) is 0. The van der Waals surface area contributed by atoms with Gasteiger partial charge in [-0.1, -0.05) is 6.07 Å². The van der Waals surface area contributed by atoms with Gasteiger partial charge in [0.25, 0.3) is 5.91 Å². The SMILES string of the molecule is CCOc1cccc(OCC(=O)N(CC)C2CCS(=O)(=O)C2)c1. The van der Waals surface area contributed by atoms with Crippen LogP contribution in [0.1, 0.15) is 20.3 Å². The Kier molecular flexibility index (Phi) is 5.87. The van der Waals surface area contributed by atoms with Crippen molar-refractivity contribution in [3.8, 4) is 11.5 Å². The van der Waals surface area contributed by atoms with Gasteiger partial charge >= 0.3 is 0 Å². The zero-order valence-electron chi connectivity index (χ0n) is 13.5. The summed E-state index contributed by atoms with van der Waals surface area (Å²) in [5, 5.41) is 0. The van der Waals surface area contributed by atoms with Crippen molar-refractivity contribution >= 4 is 15.7 Å². The number of amides is 1. The molecule has 128 valence electrons. The number of sulfone groups is 1. The van der Waals surface area contributed by atoms with Crippen molar-refractivity contribution in [3.63, 3.8) is 0 Å². The highest BCUT2D eigenvalue weighted by Gasteiger charge is 2.33. The Labute approximate surface area is 137 Å². The van der Waals surface area contributed by atoms with E-state index in [2.05, 4.69) is 0 Å². The molecule has 1 amide bonds. The Morgan fingerprint density at radius 1 is 1.26 bits per heavy atom. The zero-order valence-corrected chi connectivity index (χ0v) is 14.3. The second-order valence-electron chi connectivity index (χ2n) is 5.43. The normalized spacial score (nSPS) is 19.3. The summed E-state index contributed by atoms with van der Waals surface area (Å²) >= 11 is 0. The number of likely N-dealkylation sites (N-methyl/N-ethyl adjacent to an activating group) is 1. The molecule has 0 radical (unpaired) electrons. The fourth-order valence-electron chi connectivity index (χ4n) is 2.71. The number of benzene rings is 1. The largest absolute Gasteiger partial charge is 0.494 e. The van der Waals surface area contributed by atoms with E-state index >= 15 is 0 Å². The van der Waals surface area contributed by atoms with Gasteiger partial charge in [-0.05, 0) is 32.4 Å². The summed E-state index contributed by atoms with van der Waals surface area (Å²) in [6.45, 7) is 4.66. The molecule has 1 aliphatic heterocycles. The molecule has 0 N–H and O–H groups in total. The van der Waals surface area contributed by atoms with Crippen molar-refractivity contribution in [2.45, 2.75) is 26.3 Å². The minimum atomic E-state index is -3.01. The van der Waals surface area contributed by atoms with Gasteiger partial charge in [0, 0.05) is 18.7 Å². The molecule has 7 heteroatoms. The molecular formula is C16H23NO5S. The van der Waals surface area contributed by atoms with E-state index in [4.69, 9.17) is 9.47 Å². The number of rotatable bonds is 7. The van der Waals surface area contributed by atoms with Crippen LogP contribution in [0.3, 0.4) is 0 Å². The van der Waals surface area contributed by atoms with Crippen molar-refractivity contribution in [3.05, 3.63) is 24.3 Å². The van der Waals surface area contributed by atoms with Gasteiger partial charge in [-0.3, -0.25) is 4.79 Å². The van der Waals surface area contributed by atoms with Crippen LogP contribution in [0.4, 0.5) is 0 Å². The van der Waals surface area contributed by atoms with E-state index in [1.54, 1.807) is 23.1 Å². The van der Waals surface area contributed by atoms with E-state index in [1.165, 1.54) is 0 Å². The summed E-state index contributed by atoms with van der Waals surface area (Å²) < 4.78 is 34.1. The third-order valence-electron chi connectivity index (χ3n) is 3.79. The number of ether oxygens (including phenoxy) is 2. The lowest BCUT2D eigenvalue weighted by Crippen LogP contribution is -2.43. The predicted molar refractivity (Wildman–Crippen MR) is 87.6 cm³/mol. The molecule has 0 spiro atoms. The summed E-state index contributed by atoms with van der Waals surface area (Å²) in [5.74, 6) is 1.24. The highest BCUT2D eigenvalue weighted by molar-refractivity contribution is 7.91. The van der Waals surface area contributed by atoms with Crippen molar-refractivity contribution in [2.24, 2.45) is 0 Å². The number of hydrogen-bond acceptors (Lipinski definition) is 5. The molecular weight excluding hydrogens is 318 g/mol. The summed E-state index contributed by atoms with van der Waals surface area (Å²) in [6.07, 6.45) is 0.502. The van der Waals surface area contributed by atoms with Crippen LogP contribution in [0.2, 0.25) is 0 Å². The zero-order chi connectivity index (χ0) is 16.9. The molecule has 1 aromatic rings. The highest BCUT2D eigenvalue weighted by atomic mass is 32.2. The topological polar surface area (TPSA) is 72.9 Å². The summed E-state index contributed by atoms with van der Waals surface area (Å²) in [7, 11) is -3.01. The minimum absolute atomic E-state index is 0.0480. The highest BCUT2D eigenvalue weighted by Crippen LogP contribution is 2.21. The maximum absolute atomic E-state index is 12.3. The molecule has 1 saturated heterocycles. The first-order chi connectivity index (χ1) is 10.9. The van der Waals surface area contributed by atoms with Crippen molar-refractivity contribution in [1.29, 1.82) is 0 Å². The van der Waals surface area contributed by atoms with Crippen LogP contribution >= 0.6 is 0 Å².